The Bertz CT molecular complexity index is 1350. The standard InChI is InChI=1S/C29H34ClFN4O5/c1-28(2,3)40-27(38)33-12-13-35-17(14-33)15-39-24-21(26(35)37)25(34-11-10-29(16-34)8-5-9-29)32-23(22(24)30)20-18(31)6-4-7-19(20)36/h4,6-7,17,36H,5,8-16H2,1-3H3/t17-/m1/s1. The van der Waals surface area contributed by atoms with Gasteiger partial charge in [0.1, 0.15) is 45.9 Å². The minimum absolute atomic E-state index is 0.0311. The summed E-state index contributed by atoms with van der Waals surface area (Å²) in [4.78, 5) is 37.1. The molecule has 3 fully saturated rings. The molecule has 1 aliphatic carbocycles. The third kappa shape index (κ3) is 4.60. The number of hydrogen-bond acceptors (Lipinski definition) is 7. The van der Waals surface area contributed by atoms with Crippen LogP contribution in [-0.4, -0.2) is 82.9 Å². The number of piperazine rings is 1. The van der Waals surface area contributed by atoms with E-state index in [-0.39, 0.29) is 57.8 Å². The molecule has 0 unspecified atom stereocenters. The van der Waals surface area contributed by atoms with Gasteiger partial charge in [-0.1, -0.05) is 24.1 Å². The van der Waals surface area contributed by atoms with Gasteiger partial charge in [-0.3, -0.25) is 4.79 Å². The summed E-state index contributed by atoms with van der Waals surface area (Å²) in [6, 6.07) is 3.57. The van der Waals surface area contributed by atoms with Crippen molar-refractivity contribution in [2.24, 2.45) is 5.41 Å². The highest BCUT2D eigenvalue weighted by Crippen LogP contribution is 2.51. The molecule has 6 rings (SSSR count). The first-order valence-corrected chi connectivity index (χ1v) is 14.2. The number of benzene rings is 1. The summed E-state index contributed by atoms with van der Waals surface area (Å²) in [7, 11) is 0. The van der Waals surface area contributed by atoms with E-state index in [0.717, 1.165) is 25.8 Å². The average Bonchev–Trinajstić information content (AvgIpc) is 3.28. The van der Waals surface area contributed by atoms with Crippen LogP contribution in [0.15, 0.2) is 18.2 Å². The quantitative estimate of drug-likeness (QED) is 0.536. The minimum Gasteiger partial charge on any atom is -0.507 e. The third-order valence-electron chi connectivity index (χ3n) is 8.49. The zero-order valence-electron chi connectivity index (χ0n) is 23.0. The Labute approximate surface area is 237 Å². The number of amides is 2. The minimum atomic E-state index is -0.678. The van der Waals surface area contributed by atoms with Crippen LogP contribution in [0.5, 0.6) is 11.5 Å². The van der Waals surface area contributed by atoms with E-state index in [9.17, 15) is 14.7 Å². The lowest BCUT2D eigenvalue weighted by Gasteiger charge is -2.40. The molecule has 1 saturated carbocycles. The molecule has 11 heteroatoms. The van der Waals surface area contributed by atoms with Gasteiger partial charge in [0.15, 0.2) is 5.75 Å². The topological polar surface area (TPSA) is 95.4 Å². The van der Waals surface area contributed by atoms with Crippen LogP contribution in [0.25, 0.3) is 11.3 Å². The van der Waals surface area contributed by atoms with E-state index in [4.69, 9.17) is 26.1 Å². The second kappa shape index (κ2) is 9.68. The smallest absolute Gasteiger partial charge is 0.410 e. The third-order valence-corrected chi connectivity index (χ3v) is 8.84. The SMILES string of the molecule is CC(C)(C)OC(=O)N1CCN2C(=O)c3c(N4CCC5(CCC5)C4)nc(-c4c(O)cccc4F)c(Cl)c3OC[C@H]2C1. The van der Waals surface area contributed by atoms with Gasteiger partial charge in [-0.25, -0.2) is 14.2 Å². The van der Waals surface area contributed by atoms with Crippen molar-refractivity contribution in [2.45, 2.75) is 58.1 Å². The lowest BCUT2D eigenvalue weighted by atomic mass is 9.68. The molecule has 4 heterocycles. The van der Waals surface area contributed by atoms with E-state index in [2.05, 4.69) is 4.90 Å². The molecule has 1 spiro atoms. The van der Waals surface area contributed by atoms with Crippen LogP contribution in [0, 0.1) is 11.2 Å². The highest BCUT2D eigenvalue weighted by Gasteiger charge is 2.46. The Balaban J connectivity index is 1.41. The molecule has 1 aromatic heterocycles. The molecule has 40 heavy (non-hydrogen) atoms. The van der Waals surface area contributed by atoms with E-state index in [0.29, 0.717) is 25.5 Å². The van der Waals surface area contributed by atoms with E-state index < -0.39 is 23.6 Å². The van der Waals surface area contributed by atoms with Gasteiger partial charge in [-0.15, -0.1) is 0 Å². The number of hydrogen-bond donors (Lipinski definition) is 1. The number of phenolic OH excluding ortho intramolecular Hbond substituents is 1. The molecule has 1 atom stereocenters. The molecular weight excluding hydrogens is 539 g/mol. The molecule has 2 amide bonds. The molecule has 3 aliphatic heterocycles. The van der Waals surface area contributed by atoms with Crippen LogP contribution < -0.4 is 9.64 Å². The molecule has 1 N–H and O–H groups in total. The lowest BCUT2D eigenvalue weighted by molar-refractivity contribution is 0.000955. The van der Waals surface area contributed by atoms with Crippen LogP contribution in [0.3, 0.4) is 0 Å². The maximum atomic E-state index is 15.0. The number of phenols is 1. The zero-order chi connectivity index (χ0) is 28.4. The van der Waals surface area contributed by atoms with Gasteiger partial charge in [-0.2, -0.15) is 0 Å². The first-order chi connectivity index (χ1) is 19.0. The molecule has 2 aromatic rings. The summed E-state index contributed by atoms with van der Waals surface area (Å²) >= 11 is 6.83. The van der Waals surface area contributed by atoms with Crippen molar-refractivity contribution in [3.8, 4) is 22.8 Å². The number of aromatic hydroxyl groups is 1. The molecule has 2 saturated heterocycles. The first kappa shape index (κ1) is 26.9. The van der Waals surface area contributed by atoms with Crippen LogP contribution in [-0.2, 0) is 4.74 Å². The molecule has 4 aliphatic rings. The van der Waals surface area contributed by atoms with Gasteiger partial charge >= 0.3 is 6.09 Å². The second-order valence-electron chi connectivity index (χ2n) is 12.4. The van der Waals surface area contributed by atoms with Crippen molar-refractivity contribution < 1.29 is 28.6 Å². The number of anilines is 1. The van der Waals surface area contributed by atoms with Crippen LogP contribution >= 0.6 is 11.6 Å². The van der Waals surface area contributed by atoms with E-state index in [1.807, 2.05) is 20.8 Å². The number of halogens is 2. The fraction of sp³-hybridized carbons (Fsp3) is 0.552. The fourth-order valence-corrected chi connectivity index (χ4v) is 6.57. The summed E-state index contributed by atoms with van der Waals surface area (Å²) in [6.45, 7) is 7.79. The Hall–Kier alpha value is -3.27. The van der Waals surface area contributed by atoms with E-state index >= 15 is 4.39 Å². The number of pyridine rings is 1. The molecule has 214 valence electrons. The van der Waals surface area contributed by atoms with Crippen LogP contribution in [0.4, 0.5) is 15.0 Å². The van der Waals surface area contributed by atoms with E-state index in [1.54, 1.807) is 9.80 Å². The fourth-order valence-electron chi connectivity index (χ4n) is 6.28. The maximum absolute atomic E-state index is 15.0. The molecular formula is C29H34ClFN4O5. The van der Waals surface area contributed by atoms with Crippen LogP contribution in [0.2, 0.25) is 5.02 Å². The number of carbonyl (C=O) groups is 2. The van der Waals surface area contributed by atoms with Crippen molar-refractivity contribution in [1.82, 2.24) is 14.8 Å². The van der Waals surface area contributed by atoms with Gasteiger partial charge in [0, 0.05) is 32.7 Å². The maximum Gasteiger partial charge on any atom is 0.410 e. The van der Waals surface area contributed by atoms with Crippen LogP contribution in [0.1, 0.15) is 56.8 Å². The number of ether oxygens (including phenoxy) is 2. The van der Waals surface area contributed by atoms with Gasteiger partial charge in [0.05, 0.1) is 11.6 Å². The Morgan fingerprint density at radius 1 is 1.20 bits per heavy atom. The van der Waals surface area contributed by atoms with Gasteiger partial charge in [-0.05, 0) is 57.6 Å². The number of fused-ring (bicyclic) bond motifs is 2. The van der Waals surface area contributed by atoms with Crippen molar-refractivity contribution in [2.75, 3.05) is 44.2 Å². The van der Waals surface area contributed by atoms with Gasteiger partial charge < -0.3 is 29.3 Å². The number of nitrogens with zero attached hydrogens (tertiary/aromatic N) is 4. The first-order valence-electron chi connectivity index (χ1n) is 13.8. The predicted octanol–water partition coefficient (Wildman–Crippen LogP) is 5.08. The largest absolute Gasteiger partial charge is 0.507 e. The molecule has 0 bridgehead atoms. The lowest BCUT2D eigenvalue weighted by Crippen LogP contribution is -2.58. The van der Waals surface area contributed by atoms with Gasteiger partial charge in [0.25, 0.3) is 5.91 Å². The van der Waals surface area contributed by atoms with E-state index in [1.165, 1.54) is 24.6 Å². The second-order valence-corrected chi connectivity index (χ2v) is 12.7. The summed E-state index contributed by atoms with van der Waals surface area (Å²) in [6.07, 6.45) is 3.97. The Kier molecular flexibility index (Phi) is 6.52. The van der Waals surface area contributed by atoms with Crippen molar-refractivity contribution in [1.29, 1.82) is 0 Å². The van der Waals surface area contributed by atoms with Crippen molar-refractivity contribution in [3.63, 3.8) is 0 Å². The summed E-state index contributed by atoms with van der Waals surface area (Å²) < 4.78 is 26.8. The van der Waals surface area contributed by atoms with Crippen molar-refractivity contribution >= 4 is 29.4 Å². The summed E-state index contributed by atoms with van der Waals surface area (Å²) in [5, 5.41) is 10.5. The molecule has 0 radical (unpaired) electrons. The number of aromatic nitrogens is 1. The molecule has 1 aromatic carbocycles. The van der Waals surface area contributed by atoms with Gasteiger partial charge in [0.2, 0.25) is 0 Å². The number of rotatable bonds is 2. The van der Waals surface area contributed by atoms with Crippen molar-refractivity contribution in [3.05, 3.63) is 34.6 Å². The summed E-state index contributed by atoms with van der Waals surface area (Å²) in [5.41, 5.74) is -0.303. The highest BCUT2D eigenvalue weighted by molar-refractivity contribution is 6.35. The number of carbonyl (C=O) groups excluding carboxylic acids is 2. The predicted molar refractivity (Wildman–Crippen MR) is 148 cm³/mol. The highest BCUT2D eigenvalue weighted by atomic mass is 35.5. The Morgan fingerprint density at radius 2 is 1.98 bits per heavy atom. The normalized spacial score (nSPS) is 21.9. The zero-order valence-corrected chi connectivity index (χ0v) is 23.8. The molecule has 9 nitrogen and oxygen atoms in total. The average molecular weight is 573 g/mol. The monoisotopic (exact) mass is 572 g/mol. The Morgan fingerprint density at radius 3 is 2.62 bits per heavy atom. The summed E-state index contributed by atoms with van der Waals surface area (Å²) in [5.74, 6) is -0.752.